The normalized spacial score (nSPS) is 26.2. The first kappa shape index (κ1) is 18.8. The number of benzene rings is 1. The van der Waals surface area contributed by atoms with E-state index in [1.165, 1.54) is 0 Å². The summed E-state index contributed by atoms with van der Waals surface area (Å²) in [4.78, 5) is 19.1. The molecule has 3 rings (SSSR count). The van der Waals surface area contributed by atoms with Crippen LogP contribution in [-0.2, 0) is 14.8 Å². The number of sulfonamides is 1. The van der Waals surface area contributed by atoms with Crippen LogP contribution in [0.25, 0.3) is 0 Å². The summed E-state index contributed by atoms with van der Waals surface area (Å²) in [6, 6.07) is 6.48. The van der Waals surface area contributed by atoms with Gasteiger partial charge in [-0.25, -0.2) is 8.42 Å². The van der Waals surface area contributed by atoms with E-state index in [9.17, 15) is 13.2 Å². The van der Waals surface area contributed by atoms with E-state index in [2.05, 4.69) is 23.6 Å². The fourth-order valence-corrected chi connectivity index (χ4v) is 4.70. The van der Waals surface area contributed by atoms with Crippen LogP contribution in [0.2, 0.25) is 0 Å². The number of piperidine rings is 1. The van der Waals surface area contributed by atoms with Crippen molar-refractivity contribution in [2.45, 2.75) is 50.6 Å². The Morgan fingerprint density at radius 3 is 2.81 bits per heavy atom. The third kappa shape index (κ3) is 3.61. The Bertz CT molecular complexity index is 848. The van der Waals surface area contributed by atoms with E-state index in [0.717, 1.165) is 6.42 Å². The molecule has 1 aromatic carbocycles. The van der Waals surface area contributed by atoms with Gasteiger partial charge >= 0.3 is 0 Å². The first-order chi connectivity index (χ1) is 12.1. The van der Waals surface area contributed by atoms with Crippen molar-refractivity contribution in [1.82, 2.24) is 9.62 Å². The van der Waals surface area contributed by atoms with E-state index in [4.69, 9.17) is 5.73 Å². The summed E-state index contributed by atoms with van der Waals surface area (Å²) in [7, 11) is -3.56. The second-order valence-corrected chi connectivity index (χ2v) is 9.48. The predicted molar refractivity (Wildman–Crippen MR) is 100 cm³/mol. The van der Waals surface area contributed by atoms with Gasteiger partial charge in [-0.2, -0.15) is 0 Å². The van der Waals surface area contributed by atoms with E-state index in [0.29, 0.717) is 24.5 Å². The predicted octanol–water partition coefficient (Wildman–Crippen LogP) is 1.09. The number of carbonyl (C=O) groups excluding carboxylic acids is 1. The molecule has 2 atom stereocenters. The maximum atomic E-state index is 12.6. The highest BCUT2D eigenvalue weighted by Gasteiger charge is 2.36. The number of amides is 1. The average Bonchev–Trinajstić information content (AvgIpc) is 2.81. The van der Waals surface area contributed by atoms with E-state index in [1.807, 2.05) is 11.8 Å². The molecule has 2 aliphatic rings. The number of nitrogens with one attached hydrogen (secondary N) is 1. The molecular weight excluding hydrogens is 352 g/mol. The van der Waals surface area contributed by atoms with Crippen LogP contribution in [0, 0.1) is 5.41 Å². The van der Waals surface area contributed by atoms with Crippen molar-refractivity contribution < 1.29 is 13.2 Å². The maximum absolute atomic E-state index is 12.6. The SMILES string of the molecule is CC(CC(=O)N1CCC(N)C(C)(C)C1)N=C1NS(=O)(=O)c2ccccc21. The van der Waals surface area contributed by atoms with Crippen LogP contribution in [-0.4, -0.2) is 50.2 Å². The summed E-state index contributed by atoms with van der Waals surface area (Å²) in [5, 5.41) is 0. The number of nitrogens with zero attached hydrogens (tertiary/aromatic N) is 2. The lowest BCUT2D eigenvalue weighted by Crippen LogP contribution is -2.54. The number of nitrogens with two attached hydrogens (primary N) is 1. The molecule has 1 saturated heterocycles. The number of likely N-dealkylation sites (tertiary alicyclic amines) is 1. The standard InChI is InChI=1S/C18H26N4O3S/c1-12(10-16(23)22-9-8-15(19)18(2,3)11-22)20-17-13-6-4-5-7-14(13)26(24,25)21-17/h4-7,12,15H,8-11,19H2,1-3H3,(H,20,21). The molecule has 1 fully saturated rings. The van der Waals surface area contributed by atoms with E-state index < -0.39 is 10.0 Å². The Morgan fingerprint density at radius 1 is 1.42 bits per heavy atom. The second-order valence-electron chi connectivity index (χ2n) is 7.83. The van der Waals surface area contributed by atoms with E-state index in [-0.39, 0.29) is 34.7 Å². The van der Waals surface area contributed by atoms with Gasteiger partial charge in [0.1, 0.15) is 5.84 Å². The quantitative estimate of drug-likeness (QED) is 0.821. The number of amidine groups is 1. The lowest BCUT2D eigenvalue weighted by molar-refractivity contribution is -0.134. The van der Waals surface area contributed by atoms with Crippen LogP contribution in [0.5, 0.6) is 0 Å². The van der Waals surface area contributed by atoms with Gasteiger partial charge in [-0.3, -0.25) is 14.5 Å². The van der Waals surface area contributed by atoms with Gasteiger partial charge in [0.2, 0.25) is 5.91 Å². The van der Waals surface area contributed by atoms with Crippen LogP contribution in [0.15, 0.2) is 34.2 Å². The van der Waals surface area contributed by atoms with Crippen molar-refractivity contribution in [2.75, 3.05) is 13.1 Å². The molecule has 2 unspecified atom stereocenters. The molecule has 1 aromatic rings. The molecule has 142 valence electrons. The molecule has 0 aromatic heterocycles. The van der Waals surface area contributed by atoms with Gasteiger partial charge in [-0.1, -0.05) is 26.0 Å². The molecule has 0 saturated carbocycles. The van der Waals surface area contributed by atoms with Crippen LogP contribution in [0.1, 0.15) is 39.2 Å². The minimum Gasteiger partial charge on any atom is -0.342 e. The highest BCUT2D eigenvalue weighted by atomic mass is 32.2. The first-order valence-corrected chi connectivity index (χ1v) is 10.3. The number of rotatable bonds is 3. The Kier molecular flexibility index (Phi) is 4.83. The number of hydrogen-bond donors (Lipinski definition) is 2. The zero-order valence-corrected chi connectivity index (χ0v) is 16.2. The first-order valence-electron chi connectivity index (χ1n) is 8.83. The Hall–Kier alpha value is -1.93. The fourth-order valence-electron chi connectivity index (χ4n) is 3.46. The number of hydrogen-bond acceptors (Lipinski definition) is 5. The molecule has 7 nitrogen and oxygen atoms in total. The number of aliphatic imine (C=N–C) groups is 1. The van der Waals surface area contributed by atoms with Crippen molar-refractivity contribution in [1.29, 1.82) is 0 Å². The summed E-state index contributed by atoms with van der Waals surface area (Å²) in [5.41, 5.74) is 6.58. The Balaban J connectivity index is 1.71. The van der Waals surface area contributed by atoms with Crippen molar-refractivity contribution in [3.8, 4) is 0 Å². The largest absolute Gasteiger partial charge is 0.342 e. The van der Waals surface area contributed by atoms with Gasteiger partial charge in [-0.15, -0.1) is 0 Å². The van der Waals surface area contributed by atoms with Gasteiger partial charge in [-0.05, 0) is 30.9 Å². The molecular formula is C18H26N4O3S. The van der Waals surface area contributed by atoms with E-state index >= 15 is 0 Å². The number of fused-ring (bicyclic) bond motifs is 1. The third-order valence-corrected chi connectivity index (χ3v) is 6.54. The van der Waals surface area contributed by atoms with E-state index in [1.54, 1.807) is 24.3 Å². The second kappa shape index (κ2) is 6.66. The minimum atomic E-state index is -3.56. The van der Waals surface area contributed by atoms with Crippen LogP contribution < -0.4 is 10.5 Å². The molecule has 1 amide bonds. The molecule has 2 aliphatic heterocycles. The highest BCUT2D eigenvalue weighted by Crippen LogP contribution is 2.28. The lowest BCUT2D eigenvalue weighted by Gasteiger charge is -2.42. The molecule has 26 heavy (non-hydrogen) atoms. The smallest absolute Gasteiger partial charge is 0.263 e. The van der Waals surface area contributed by atoms with Gasteiger partial charge in [0.05, 0.1) is 10.9 Å². The third-order valence-electron chi connectivity index (χ3n) is 5.15. The monoisotopic (exact) mass is 378 g/mol. The van der Waals surface area contributed by atoms with Crippen LogP contribution in [0.3, 0.4) is 0 Å². The topological polar surface area (TPSA) is 105 Å². The van der Waals surface area contributed by atoms with Crippen molar-refractivity contribution in [2.24, 2.45) is 16.1 Å². The average molecular weight is 378 g/mol. The zero-order chi connectivity index (χ0) is 19.1. The van der Waals surface area contributed by atoms with Gasteiger partial charge in [0, 0.05) is 31.1 Å². The van der Waals surface area contributed by atoms with Crippen molar-refractivity contribution in [3.63, 3.8) is 0 Å². The maximum Gasteiger partial charge on any atom is 0.263 e. The summed E-state index contributed by atoms with van der Waals surface area (Å²) >= 11 is 0. The molecule has 0 aliphatic carbocycles. The van der Waals surface area contributed by atoms with Gasteiger partial charge < -0.3 is 10.6 Å². The number of carbonyl (C=O) groups is 1. The summed E-state index contributed by atoms with van der Waals surface area (Å²) in [5.74, 6) is 0.331. The molecule has 0 spiro atoms. The Labute approximate surface area is 154 Å². The van der Waals surface area contributed by atoms with Gasteiger partial charge in [0.25, 0.3) is 10.0 Å². The molecule has 2 heterocycles. The summed E-state index contributed by atoms with van der Waals surface area (Å²) in [6.07, 6.45) is 1.02. The lowest BCUT2D eigenvalue weighted by atomic mass is 9.79. The molecule has 3 N–H and O–H groups in total. The fraction of sp³-hybridized carbons (Fsp3) is 0.556. The highest BCUT2D eigenvalue weighted by molar-refractivity contribution is 7.90. The Morgan fingerprint density at radius 2 is 2.12 bits per heavy atom. The molecule has 0 bridgehead atoms. The molecule has 0 radical (unpaired) electrons. The van der Waals surface area contributed by atoms with Crippen LogP contribution >= 0.6 is 0 Å². The summed E-state index contributed by atoms with van der Waals surface area (Å²) in [6.45, 7) is 7.25. The molecule has 8 heteroatoms. The van der Waals surface area contributed by atoms with Crippen LogP contribution in [0.4, 0.5) is 0 Å². The zero-order valence-electron chi connectivity index (χ0n) is 15.4. The van der Waals surface area contributed by atoms with Crippen molar-refractivity contribution >= 4 is 21.8 Å². The summed E-state index contributed by atoms with van der Waals surface area (Å²) < 4.78 is 26.8. The van der Waals surface area contributed by atoms with Crippen molar-refractivity contribution in [3.05, 3.63) is 29.8 Å². The minimum absolute atomic E-state index is 0.0240. The van der Waals surface area contributed by atoms with Gasteiger partial charge in [0.15, 0.2) is 0 Å².